The maximum Gasteiger partial charge on any atom is 0.0891 e. The van der Waals surface area contributed by atoms with E-state index in [1.807, 2.05) is 19.2 Å². The third kappa shape index (κ3) is 2.56. The maximum atomic E-state index is 3.35. The molecular weight excluding hydrogens is 221 g/mol. The minimum atomic E-state index is 0. The van der Waals surface area contributed by atoms with Crippen molar-refractivity contribution in [2.75, 3.05) is 12.4 Å². The molecule has 9 heavy (non-hydrogen) atoms. The summed E-state index contributed by atoms with van der Waals surface area (Å²) in [5, 5.41) is 4.23. The van der Waals surface area contributed by atoms with Crippen molar-refractivity contribution in [1.82, 2.24) is 0 Å². The highest BCUT2D eigenvalue weighted by Crippen LogP contribution is 2.25. The molecule has 1 aromatic heterocycles. The number of hydrogen-bond acceptors (Lipinski definition) is 2. The lowest BCUT2D eigenvalue weighted by Gasteiger charge is -1.86. The number of thiophene rings is 1. The van der Waals surface area contributed by atoms with Crippen LogP contribution in [-0.2, 0) is 0 Å². The Morgan fingerprint density at radius 1 is 1.56 bits per heavy atom. The third-order valence-electron chi connectivity index (χ3n) is 0.820. The van der Waals surface area contributed by atoms with Gasteiger partial charge in [0.1, 0.15) is 0 Å². The van der Waals surface area contributed by atoms with Crippen molar-refractivity contribution in [3.05, 3.63) is 15.9 Å². The maximum absolute atomic E-state index is 3.35. The molecule has 1 rings (SSSR count). The van der Waals surface area contributed by atoms with E-state index >= 15 is 0 Å². The van der Waals surface area contributed by atoms with Gasteiger partial charge < -0.3 is 5.32 Å². The molecule has 1 aromatic rings. The first kappa shape index (κ1) is 9.27. The Kier molecular flexibility index (Phi) is 4.27. The Morgan fingerprint density at radius 3 is 2.44 bits per heavy atom. The summed E-state index contributed by atoms with van der Waals surface area (Å²) < 4.78 is 1.17. The van der Waals surface area contributed by atoms with Gasteiger partial charge in [0.15, 0.2) is 0 Å². The normalized spacial score (nSPS) is 8.22. The second-order valence-electron chi connectivity index (χ2n) is 1.35. The average Bonchev–Trinajstić information content (AvgIpc) is 2.14. The summed E-state index contributed by atoms with van der Waals surface area (Å²) in [6, 6.07) is 4.06. The average molecular weight is 229 g/mol. The second-order valence-corrected chi connectivity index (χ2v) is 3.82. The summed E-state index contributed by atoms with van der Waals surface area (Å²) in [5.41, 5.74) is 0. The van der Waals surface area contributed by atoms with Crippen molar-refractivity contribution in [1.29, 1.82) is 0 Å². The molecule has 1 nitrogen and oxygen atoms in total. The van der Waals surface area contributed by atoms with Gasteiger partial charge in [0, 0.05) is 7.05 Å². The van der Waals surface area contributed by atoms with Crippen molar-refractivity contribution in [2.45, 2.75) is 0 Å². The van der Waals surface area contributed by atoms with Gasteiger partial charge in [0.05, 0.1) is 8.79 Å². The number of rotatable bonds is 1. The standard InChI is InChI=1S/C5H6BrNS.ClH/c1-7-5-3-2-4(6)8-5;/h2-3,7H,1H3;1H. The molecule has 0 unspecified atom stereocenters. The Labute approximate surface area is 73.0 Å². The summed E-state index contributed by atoms with van der Waals surface area (Å²) in [4.78, 5) is 0. The lowest BCUT2D eigenvalue weighted by atomic mass is 10.6. The Morgan fingerprint density at radius 2 is 2.22 bits per heavy atom. The van der Waals surface area contributed by atoms with E-state index in [2.05, 4.69) is 21.2 Å². The predicted molar refractivity (Wildman–Crippen MR) is 48.8 cm³/mol. The van der Waals surface area contributed by atoms with Gasteiger partial charge in [0.25, 0.3) is 0 Å². The van der Waals surface area contributed by atoms with E-state index in [4.69, 9.17) is 0 Å². The summed E-state index contributed by atoms with van der Waals surface area (Å²) in [7, 11) is 1.91. The van der Waals surface area contributed by atoms with Crippen LogP contribution in [0.25, 0.3) is 0 Å². The summed E-state index contributed by atoms with van der Waals surface area (Å²) in [6.07, 6.45) is 0. The highest BCUT2D eigenvalue weighted by atomic mass is 79.9. The highest BCUT2D eigenvalue weighted by molar-refractivity contribution is 9.11. The number of hydrogen-bond donors (Lipinski definition) is 1. The van der Waals surface area contributed by atoms with Crippen LogP contribution in [0.2, 0.25) is 0 Å². The second kappa shape index (κ2) is 4.14. The molecule has 0 radical (unpaired) electrons. The topological polar surface area (TPSA) is 12.0 Å². The molecule has 0 saturated heterocycles. The van der Waals surface area contributed by atoms with Gasteiger partial charge in [-0.2, -0.15) is 0 Å². The fourth-order valence-electron chi connectivity index (χ4n) is 0.449. The van der Waals surface area contributed by atoms with Crippen molar-refractivity contribution in [2.24, 2.45) is 0 Å². The first-order chi connectivity index (χ1) is 3.83. The van der Waals surface area contributed by atoms with E-state index in [1.165, 1.54) is 8.79 Å². The van der Waals surface area contributed by atoms with Crippen LogP contribution in [0.3, 0.4) is 0 Å². The predicted octanol–water partition coefficient (Wildman–Crippen LogP) is 2.97. The van der Waals surface area contributed by atoms with E-state index in [0.29, 0.717) is 0 Å². The van der Waals surface area contributed by atoms with Crippen LogP contribution in [0.4, 0.5) is 5.00 Å². The van der Waals surface area contributed by atoms with Crippen LogP contribution >= 0.6 is 39.7 Å². The van der Waals surface area contributed by atoms with Crippen LogP contribution in [0.15, 0.2) is 15.9 Å². The zero-order chi connectivity index (χ0) is 5.98. The molecule has 0 amide bonds. The molecule has 4 heteroatoms. The van der Waals surface area contributed by atoms with Gasteiger partial charge in [-0.3, -0.25) is 0 Å². The van der Waals surface area contributed by atoms with Crippen molar-refractivity contribution >= 4 is 44.7 Å². The third-order valence-corrected chi connectivity index (χ3v) is 2.46. The van der Waals surface area contributed by atoms with Gasteiger partial charge in [-0.05, 0) is 28.1 Å². The molecular formula is C5H7BrClNS. The molecule has 0 spiro atoms. The molecule has 0 aliphatic heterocycles. The number of halogens is 2. The lowest BCUT2D eigenvalue weighted by molar-refractivity contribution is 1.60. The summed E-state index contributed by atoms with van der Waals surface area (Å²) in [5.74, 6) is 0. The number of anilines is 1. The smallest absolute Gasteiger partial charge is 0.0891 e. The van der Waals surface area contributed by atoms with Gasteiger partial charge in [0.2, 0.25) is 0 Å². The Balaban J connectivity index is 0.000000640. The molecule has 0 atom stereocenters. The van der Waals surface area contributed by atoms with E-state index < -0.39 is 0 Å². The van der Waals surface area contributed by atoms with Crippen LogP contribution in [0, 0.1) is 0 Å². The fourth-order valence-corrected chi connectivity index (χ4v) is 1.69. The molecule has 0 aliphatic rings. The molecule has 0 saturated carbocycles. The minimum absolute atomic E-state index is 0. The summed E-state index contributed by atoms with van der Waals surface area (Å²) >= 11 is 5.04. The van der Waals surface area contributed by atoms with Gasteiger partial charge >= 0.3 is 0 Å². The summed E-state index contributed by atoms with van der Waals surface area (Å²) in [6.45, 7) is 0. The molecule has 0 bridgehead atoms. The van der Waals surface area contributed by atoms with Gasteiger partial charge in [-0.15, -0.1) is 23.7 Å². The monoisotopic (exact) mass is 227 g/mol. The molecule has 1 N–H and O–H groups in total. The van der Waals surface area contributed by atoms with Crippen molar-refractivity contribution < 1.29 is 0 Å². The van der Waals surface area contributed by atoms with Gasteiger partial charge in [-0.25, -0.2) is 0 Å². The zero-order valence-electron chi connectivity index (χ0n) is 4.85. The molecule has 0 aliphatic carbocycles. The Hall–Kier alpha value is 0.270. The molecule has 0 aromatic carbocycles. The van der Waals surface area contributed by atoms with E-state index in [-0.39, 0.29) is 12.4 Å². The van der Waals surface area contributed by atoms with Crippen LogP contribution in [0.1, 0.15) is 0 Å². The van der Waals surface area contributed by atoms with E-state index in [0.717, 1.165) is 0 Å². The van der Waals surface area contributed by atoms with Crippen LogP contribution in [0.5, 0.6) is 0 Å². The fraction of sp³-hybridized carbons (Fsp3) is 0.200. The highest BCUT2D eigenvalue weighted by Gasteiger charge is 1.90. The Bertz CT molecular complexity index is 177. The quantitative estimate of drug-likeness (QED) is 0.779. The van der Waals surface area contributed by atoms with E-state index in [9.17, 15) is 0 Å². The number of nitrogens with one attached hydrogen (secondary N) is 1. The van der Waals surface area contributed by atoms with Crippen molar-refractivity contribution in [3.63, 3.8) is 0 Å². The molecule has 0 fully saturated rings. The van der Waals surface area contributed by atoms with Crippen LogP contribution in [-0.4, -0.2) is 7.05 Å². The van der Waals surface area contributed by atoms with E-state index in [1.54, 1.807) is 11.3 Å². The zero-order valence-corrected chi connectivity index (χ0v) is 8.07. The van der Waals surface area contributed by atoms with Crippen LogP contribution < -0.4 is 5.32 Å². The van der Waals surface area contributed by atoms with Gasteiger partial charge in [-0.1, -0.05) is 0 Å². The first-order valence-corrected chi connectivity index (χ1v) is 3.87. The van der Waals surface area contributed by atoms with Crippen molar-refractivity contribution in [3.8, 4) is 0 Å². The first-order valence-electron chi connectivity index (χ1n) is 2.26. The molecule has 1 heterocycles. The molecule has 52 valence electrons. The largest absolute Gasteiger partial charge is 0.380 e. The lowest BCUT2D eigenvalue weighted by Crippen LogP contribution is -1.79. The minimum Gasteiger partial charge on any atom is -0.380 e. The SMILES string of the molecule is CNc1ccc(Br)s1.Cl.